The molecule has 0 unspecified atom stereocenters. The van der Waals surface area contributed by atoms with Crippen molar-refractivity contribution < 1.29 is 43.6 Å². The van der Waals surface area contributed by atoms with E-state index in [1.807, 2.05) is 13.8 Å². The molecule has 0 spiro atoms. The molecule has 4 rings (SSSR count). The van der Waals surface area contributed by atoms with Crippen molar-refractivity contribution in [2.45, 2.75) is 142 Å². The van der Waals surface area contributed by atoms with Crippen LogP contribution in [0.3, 0.4) is 0 Å². The molecule has 0 aromatic rings. The van der Waals surface area contributed by atoms with E-state index in [9.17, 15) is 29.4 Å². The van der Waals surface area contributed by atoms with Crippen LogP contribution in [-0.4, -0.2) is 63.4 Å². The quantitative estimate of drug-likeness (QED) is 0.110. The van der Waals surface area contributed by atoms with E-state index in [2.05, 4.69) is 6.92 Å². The Kier molecular flexibility index (Phi) is 10.4. The lowest BCUT2D eigenvalue weighted by atomic mass is 9.59. The second-order valence-electron chi connectivity index (χ2n) is 14.6. The van der Waals surface area contributed by atoms with Gasteiger partial charge >= 0.3 is 17.9 Å². The highest BCUT2D eigenvalue weighted by Gasteiger charge is 2.87. The predicted molar refractivity (Wildman–Crippen MR) is 168 cm³/mol. The summed E-state index contributed by atoms with van der Waals surface area (Å²) in [5.41, 5.74) is -4.83. The molecule has 0 radical (unpaired) electrons. The third-order valence-corrected chi connectivity index (χ3v) is 11.3. The number of fused-ring (bicyclic) bond motifs is 5. The first-order valence-corrected chi connectivity index (χ1v) is 17.0. The van der Waals surface area contributed by atoms with Gasteiger partial charge in [0.1, 0.15) is 18.3 Å². The lowest BCUT2D eigenvalue weighted by molar-refractivity contribution is -0.228. The Morgan fingerprint density at radius 3 is 2.11 bits per heavy atom. The zero-order chi connectivity index (χ0) is 33.4. The van der Waals surface area contributed by atoms with Crippen LogP contribution in [0, 0.1) is 29.1 Å². The number of unbranched alkanes of at least 4 members (excludes halogenated alkanes) is 8. The molecule has 252 valence electrons. The molecule has 45 heavy (non-hydrogen) atoms. The van der Waals surface area contributed by atoms with Crippen molar-refractivity contribution in [3.63, 3.8) is 0 Å². The number of rotatable bonds is 14. The van der Waals surface area contributed by atoms with Gasteiger partial charge in [0.25, 0.3) is 0 Å². The number of carbonyl (C=O) groups excluding carboxylic acids is 4. The lowest BCUT2D eigenvalue weighted by Gasteiger charge is -2.53. The highest BCUT2D eigenvalue weighted by molar-refractivity contribution is 6.04. The van der Waals surface area contributed by atoms with E-state index in [1.165, 1.54) is 46.0 Å². The normalized spacial score (nSPS) is 36.0. The second kappa shape index (κ2) is 13.3. The minimum atomic E-state index is -1.97. The summed E-state index contributed by atoms with van der Waals surface area (Å²) in [6, 6.07) is 0. The van der Waals surface area contributed by atoms with Gasteiger partial charge in [-0.25, -0.2) is 0 Å². The minimum Gasteiger partial charge on any atom is -0.461 e. The van der Waals surface area contributed by atoms with E-state index >= 15 is 0 Å². The van der Waals surface area contributed by atoms with Crippen molar-refractivity contribution in [3.8, 4) is 0 Å². The summed E-state index contributed by atoms with van der Waals surface area (Å²) in [6.07, 6.45) is 12.5. The van der Waals surface area contributed by atoms with E-state index in [-0.39, 0.29) is 19.4 Å². The molecule has 0 aliphatic heterocycles. The molecule has 2 saturated carbocycles. The topological polar surface area (TPSA) is 136 Å². The number of Topliss-reactive ketones (excluding diaryl/α,β-unsaturated/α-hetero) is 1. The van der Waals surface area contributed by atoms with Crippen LogP contribution in [0.5, 0.6) is 0 Å². The van der Waals surface area contributed by atoms with Gasteiger partial charge in [-0.3, -0.25) is 19.2 Å². The summed E-state index contributed by atoms with van der Waals surface area (Å²) >= 11 is 0. The van der Waals surface area contributed by atoms with Crippen LogP contribution in [0.25, 0.3) is 0 Å². The molecule has 2 fully saturated rings. The third kappa shape index (κ3) is 6.16. The van der Waals surface area contributed by atoms with E-state index < -0.39 is 75.7 Å². The first kappa shape index (κ1) is 35.3. The summed E-state index contributed by atoms with van der Waals surface area (Å²) in [6.45, 7) is 11.9. The van der Waals surface area contributed by atoms with Crippen molar-refractivity contribution in [2.24, 2.45) is 29.1 Å². The third-order valence-electron chi connectivity index (χ3n) is 11.3. The molecule has 0 aromatic carbocycles. The molecule has 4 aliphatic rings. The summed E-state index contributed by atoms with van der Waals surface area (Å²) in [5, 5.41) is 24.9. The van der Waals surface area contributed by atoms with Crippen molar-refractivity contribution in [1.82, 2.24) is 0 Å². The molecular formula is C36H54O9. The summed E-state index contributed by atoms with van der Waals surface area (Å²) in [7, 11) is 0. The molecule has 4 aliphatic carbocycles. The molecule has 2 N–H and O–H groups in total. The maximum Gasteiger partial charge on any atom is 0.306 e. The van der Waals surface area contributed by atoms with Crippen LogP contribution in [0.4, 0.5) is 0 Å². The fourth-order valence-corrected chi connectivity index (χ4v) is 9.03. The monoisotopic (exact) mass is 630 g/mol. The van der Waals surface area contributed by atoms with Crippen molar-refractivity contribution in [2.75, 3.05) is 6.61 Å². The molecular weight excluding hydrogens is 576 g/mol. The average molecular weight is 631 g/mol. The van der Waals surface area contributed by atoms with Crippen LogP contribution in [0.2, 0.25) is 0 Å². The van der Waals surface area contributed by atoms with Crippen molar-refractivity contribution in [1.29, 1.82) is 0 Å². The van der Waals surface area contributed by atoms with Gasteiger partial charge in [0.05, 0.1) is 5.60 Å². The number of ether oxygens (including phenoxy) is 3. The van der Waals surface area contributed by atoms with Gasteiger partial charge < -0.3 is 24.4 Å². The lowest BCUT2D eigenvalue weighted by Crippen LogP contribution is -2.66. The Morgan fingerprint density at radius 2 is 1.53 bits per heavy atom. The Balaban J connectivity index is 1.63. The van der Waals surface area contributed by atoms with Crippen LogP contribution in [0.15, 0.2) is 23.3 Å². The number of ketones is 1. The predicted octanol–water partition coefficient (Wildman–Crippen LogP) is 5.54. The molecule has 9 heteroatoms. The Morgan fingerprint density at radius 1 is 0.933 bits per heavy atom. The van der Waals surface area contributed by atoms with E-state index in [1.54, 1.807) is 26.0 Å². The van der Waals surface area contributed by atoms with E-state index in [4.69, 9.17) is 14.2 Å². The standard InChI is InChI=1S/C36H54O9/c1-8-9-10-11-12-13-14-15-16-17-29(39)44-32-23(3)35(42)27(30-33(6,7)36(30,32)45-25(5)38)19-26(21-43-24(4)37)20-34(41)28(35)18-22(2)31(34)40/h18-19,23,27-28,30,32,41-42H,8-17,20-21H2,1-7H3/t23-,27+,28-,30-,32-,34+,35-,36-/m1/s1. The van der Waals surface area contributed by atoms with Gasteiger partial charge in [-0.05, 0) is 24.5 Å². The van der Waals surface area contributed by atoms with Crippen LogP contribution < -0.4 is 0 Å². The number of aliphatic hydroxyl groups is 2. The molecule has 0 aromatic heterocycles. The molecule has 0 saturated heterocycles. The number of carbonyl (C=O) groups is 4. The Bertz CT molecular complexity index is 1230. The SMILES string of the molecule is CCCCCCCCCCCC(=O)O[C@@H]1[C@@H](C)[C@@]2(O)[C@@H](C=C(COC(C)=O)C[C@@]3(O)C(=O)C(C)=C[C@@H]23)[C@@H]2C(C)(C)[C@]12OC(C)=O. The van der Waals surface area contributed by atoms with E-state index in [0.717, 1.165) is 19.3 Å². The summed E-state index contributed by atoms with van der Waals surface area (Å²) in [5.74, 6) is -5.00. The zero-order valence-electron chi connectivity index (χ0n) is 28.3. The van der Waals surface area contributed by atoms with Gasteiger partial charge in [-0.1, -0.05) is 91.2 Å². The fourth-order valence-electron chi connectivity index (χ4n) is 9.03. The highest BCUT2D eigenvalue weighted by atomic mass is 16.6. The second-order valence-corrected chi connectivity index (χ2v) is 14.6. The molecule has 0 amide bonds. The van der Waals surface area contributed by atoms with Gasteiger partial charge in [-0.2, -0.15) is 0 Å². The van der Waals surface area contributed by atoms with Crippen LogP contribution >= 0.6 is 0 Å². The molecule has 9 nitrogen and oxygen atoms in total. The first-order valence-electron chi connectivity index (χ1n) is 17.0. The number of esters is 3. The molecule has 8 atom stereocenters. The average Bonchev–Trinajstić information content (AvgIpc) is 3.38. The summed E-state index contributed by atoms with van der Waals surface area (Å²) < 4.78 is 17.6. The van der Waals surface area contributed by atoms with Crippen LogP contribution in [0.1, 0.15) is 119 Å². The largest absolute Gasteiger partial charge is 0.461 e. The van der Waals surface area contributed by atoms with Gasteiger partial charge in [0, 0.05) is 55.8 Å². The van der Waals surface area contributed by atoms with Crippen LogP contribution in [-0.2, 0) is 33.4 Å². The van der Waals surface area contributed by atoms with Gasteiger partial charge in [0.15, 0.2) is 11.4 Å². The van der Waals surface area contributed by atoms with E-state index in [0.29, 0.717) is 17.6 Å². The van der Waals surface area contributed by atoms with Crippen molar-refractivity contribution >= 4 is 23.7 Å². The van der Waals surface area contributed by atoms with Gasteiger partial charge in [-0.15, -0.1) is 0 Å². The fraction of sp³-hybridized carbons (Fsp3) is 0.778. The number of hydrogen-bond donors (Lipinski definition) is 2. The zero-order valence-corrected chi connectivity index (χ0v) is 28.3. The van der Waals surface area contributed by atoms with Gasteiger partial charge in [0.2, 0.25) is 0 Å². The highest BCUT2D eigenvalue weighted by Crippen LogP contribution is 2.77. The minimum absolute atomic E-state index is 0.125. The van der Waals surface area contributed by atoms with Crippen molar-refractivity contribution in [3.05, 3.63) is 23.3 Å². The molecule has 0 heterocycles. The molecule has 0 bridgehead atoms. The Labute approximate surface area is 268 Å². The summed E-state index contributed by atoms with van der Waals surface area (Å²) in [4.78, 5) is 51.1. The maximum absolute atomic E-state index is 13.4. The smallest absolute Gasteiger partial charge is 0.306 e. The maximum atomic E-state index is 13.4. The number of hydrogen-bond acceptors (Lipinski definition) is 9. The first-order chi connectivity index (χ1) is 21.1. The Hall–Kier alpha value is -2.52.